The molecule has 0 amide bonds. The average molecular weight is 385 g/mol. The van der Waals surface area contributed by atoms with Crippen LogP contribution in [-0.4, -0.2) is 18.3 Å². The van der Waals surface area contributed by atoms with E-state index in [0.717, 1.165) is 29.8 Å². The smallest absolute Gasteiger partial charge is 0.355 e. The molecule has 0 saturated carbocycles. The van der Waals surface area contributed by atoms with Crippen molar-refractivity contribution in [2.24, 2.45) is 0 Å². The van der Waals surface area contributed by atoms with Crippen LogP contribution in [0.15, 0.2) is 53.5 Å². The lowest BCUT2D eigenvalue weighted by atomic mass is 9.99. The van der Waals surface area contributed by atoms with Crippen LogP contribution in [0.4, 0.5) is 5.69 Å². The molecule has 1 aromatic rings. The predicted octanol–water partition coefficient (Wildman–Crippen LogP) is 5.20. The molecule has 1 aliphatic rings. The van der Waals surface area contributed by atoms with Crippen LogP contribution in [0.25, 0.3) is 5.57 Å². The number of cyclic esters (lactones) is 1. The molecule has 0 bridgehead atoms. The summed E-state index contributed by atoms with van der Waals surface area (Å²) in [6.45, 7) is 6.38. The topological polar surface area (TPSA) is 71.4 Å². The molecule has 0 fully saturated rings. The molecule has 1 N–H and O–H groups in total. The quantitative estimate of drug-likeness (QED) is 0.273. The number of hydrogen-bond acceptors (Lipinski definition) is 6. The first-order chi connectivity index (χ1) is 13.1. The van der Waals surface area contributed by atoms with E-state index in [-0.39, 0.29) is 5.57 Å². The van der Waals surface area contributed by atoms with Gasteiger partial charge in [-0.3, -0.25) is 0 Å². The first-order valence-electron chi connectivity index (χ1n) is 9.00. The summed E-state index contributed by atoms with van der Waals surface area (Å²) < 4.78 is 14.1. The Hall–Kier alpha value is -2.65. The molecule has 1 aliphatic heterocycles. The average Bonchev–Trinajstić information content (AvgIpc) is 3.00. The molecule has 0 aliphatic carbocycles. The van der Waals surface area contributed by atoms with Gasteiger partial charge in [0.25, 0.3) is 0 Å². The Balaban J connectivity index is 2.28. The maximum absolute atomic E-state index is 12.1. The Morgan fingerprint density at radius 1 is 1.33 bits per heavy atom. The second-order valence-electron chi connectivity index (χ2n) is 5.77. The minimum Gasteiger partial charge on any atom is -0.494 e. The van der Waals surface area contributed by atoms with Crippen molar-refractivity contribution in [3.05, 3.63) is 59.1 Å². The summed E-state index contributed by atoms with van der Waals surface area (Å²) in [6, 6.07) is 9.57. The number of ether oxygens (including phenoxy) is 2. The number of nitrogens with zero attached hydrogens (tertiary/aromatic N) is 1. The molecule has 0 saturated heterocycles. The molecule has 6 heteroatoms. The van der Waals surface area contributed by atoms with Crippen molar-refractivity contribution in [3.8, 4) is 6.07 Å². The van der Waals surface area contributed by atoms with Gasteiger partial charge in [-0.15, -0.1) is 0 Å². The number of unbranched alkanes of at least 4 members (excludes halogenated alkanes) is 1. The summed E-state index contributed by atoms with van der Waals surface area (Å²) in [7, 11) is 0. The van der Waals surface area contributed by atoms with Crippen molar-refractivity contribution < 1.29 is 14.3 Å². The molecular formula is C21H24N2O3S. The zero-order valence-corrected chi connectivity index (χ0v) is 16.7. The molecule has 0 aromatic heterocycles. The Morgan fingerprint density at radius 3 is 2.67 bits per heavy atom. The third-order valence-electron chi connectivity index (χ3n) is 3.85. The number of hydrogen-bond donors (Lipinski definition) is 1. The van der Waals surface area contributed by atoms with Crippen LogP contribution in [0.1, 0.15) is 39.2 Å². The number of esters is 1. The first kappa shape index (κ1) is 20.7. The highest BCUT2D eigenvalue weighted by molar-refractivity contribution is 8.00. The molecule has 0 radical (unpaired) electrons. The highest BCUT2D eigenvalue weighted by atomic mass is 32.2. The Labute approximate surface area is 164 Å². The zero-order chi connectivity index (χ0) is 19.6. The van der Waals surface area contributed by atoms with E-state index < -0.39 is 5.97 Å². The van der Waals surface area contributed by atoms with E-state index in [9.17, 15) is 10.1 Å². The number of rotatable bonds is 9. The molecule has 1 aromatic carbocycles. The Bertz CT molecular complexity index is 802. The highest BCUT2D eigenvalue weighted by Gasteiger charge is 2.31. The third kappa shape index (κ3) is 5.41. The van der Waals surface area contributed by atoms with Crippen LogP contribution in [0, 0.1) is 11.3 Å². The van der Waals surface area contributed by atoms with Crippen molar-refractivity contribution in [1.82, 2.24) is 0 Å². The van der Waals surface area contributed by atoms with Gasteiger partial charge in [0.15, 0.2) is 0 Å². The summed E-state index contributed by atoms with van der Waals surface area (Å²) in [5.74, 6) is 1.32. The van der Waals surface area contributed by atoms with Crippen LogP contribution < -0.4 is 4.72 Å². The van der Waals surface area contributed by atoms with Gasteiger partial charge in [0.05, 0.1) is 6.61 Å². The van der Waals surface area contributed by atoms with E-state index in [1.54, 1.807) is 24.1 Å². The molecular weight excluding hydrogens is 360 g/mol. The summed E-state index contributed by atoms with van der Waals surface area (Å²) in [5.41, 5.74) is 2.22. The molecule has 2 rings (SSSR count). The fraction of sp³-hybridized carbons (Fsp3) is 0.333. The van der Waals surface area contributed by atoms with Crippen LogP contribution in [0.5, 0.6) is 0 Å². The lowest BCUT2D eigenvalue weighted by Crippen LogP contribution is -1.97. The van der Waals surface area contributed by atoms with Gasteiger partial charge in [0.1, 0.15) is 23.2 Å². The Kier molecular flexibility index (Phi) is 8.02. The molecule has 0 spiro atoms. The van der Waals surface area contributed by atoms with E-state index in [1.165, 1.54) is 0 Å². The van der Waals surface area contributed by atoms with Gasteiger partial charge in [-0.2, -0.15) is 5.26 Å². The molecule has 0 atom stereocenters. The van der Waals surface area contributed by atoms with Crippen molar-refractivity contribution in [3.63, 3.8) is 0 Å². The van der Waals surface area contributed by atoms with Crippen LogP contribution in [0.2, 0.25) is 0 Å². The molecule has 27 heavy (non-hydrogen) atoms. The summed E-state index contributed by atoms with van der Waals surface area (Å²) in [6.07, 6.45) is 5.76. The fourth-order valence-corrected chi connectivity index (χ4v) is 3.31. The van der Waals surface area contributed by atoms with E-state index in [0.29, 0.717) is 23.7 Å². The molecule has 142 valence electrons. The van der Waals surface area contributed by atoms with Gasteiger partial charge < -0.3 is 14.2 Å². The van der Waals surface area contributed by atoms with Gasteiger partial charge in [-0.1, -0.05) is 37.4 Å². The number of carbonyl (C=O) groups excluding carboxylic acids is 1. The summed E-state index contributed by atoms with van der Waals surface area (Å²) >= 11 is 1.66. The van der Waals surface area contributed by atoms with Crippen molar-refractivity contribution in [2.45, 2.75) is 33.6 Å². The van der Waals surface area contributed by atoms with Gasteiger partial charge in [-0.25, -0.2) is 4.79 Å². The van der Waals surface area contributed by atoms with Crippen LogP contribution in [-0.2, 0) is 14.3 Å². The second kappa shape index (κ2) is 10.5. The monoisotopic (exact) mass is 384 g/mol. The van der Waals surface area contributed by atoms with Gasteiger partial charge in [-0.05, 0) is 44.0 Å². The number of nitriles is 1. The SMILES string of the molecule is C/C=C(/C=C1\OC(=O)C(C#N)=C1c1ccc(NSCCCC)cc1)OCC. The van der Waals surface area contributed by atoms with Crippen LogP contribution >= 0.6 is 11.9 Å². The summed E-state index contributed by atoms with van der Waals surface area (Å²) in [4.78, 5) is 12.1. The number of carbonyl (C=O) groups is 1. The normalized spacial score (nSPS) is 15.7. The second-order valence-corrected chi connectivity index (χ2v) is 6.67. The summed E-state index contributed by atoms with van der Waals surface area (Å²) in [5, 5.41) is 9.40. The van der Waals surface area contributed by atoms with E-state index in [4.69, 9.17) is 9.47 Å². The fourth-order valence-electron chi connectivity index (χ4n) is 2.48. The van der Waals surface area contributed by atoms with Gasteiger partial charge >= 0.3 is 5.97 Å². The standard InChI is InChI=1S/C21H24N2O3S/c1-4-7-12-27-23-16-10-8-15(9-11-16)20-18(14-22)21(24)26-19(20)13-17(5-2)25-6-3/h5,8-11,13,23H,4,6-7,12H2,1-3H3/b17-5-,19-13-. The van der Waals surface area contributed by atoms with Crippen molar-refractivity contribution in [1.29, 1.82) is 5.26 Å². The zero-order valence-electron chi connectivity index (χ0n) is 15.9. The molecule has 5 nitrogen and oxygen atoms in total. The van der Waals surface area contributed by atoms with Crippen LogP contribution in [0.3, 0.4) is 0 Å². The Morgan fingerprint density at radius 2 is 2.07 bits per heavy atom. The highest BCUT2D eigenvalue weighted by Crippen LogP contribution is 2.35. The maximum Gasteiger partial charge on any atom is 0.355 e. The van der Waals surface area contributed by atoms with E-state index in [2.05, 4.69) is 11.6 Å². The minimum atomic E-state index is -0.636. The minimum absolute atomic E-state index is 0.00577. The number of benzene rings is 1. The van der Waals surface area contributed by atoms with E-state index >= 15 is 0 Å². The largest absolute Gasteiger partial charge is 0.494 e. The van der Waals surface area contributed by atoms with Gasteiger partial charge in [0.2, 0.25) is 0 Å². The van der Waals surface area contributed by atoms with Gasteiger partial charge in [0, 0.05) is 23.1 Å². The van der Waals surface area contributed by atoms with Crippen molar-refractivity contribution >= 4 is 29.2 Å². The van der Waals surface area contributed by atoms with E-state index in [1.807, 2.05) is 44.2 Å². The predicted molar refractivity (Wildman–Crippen MR) is 110 cm³/mol. The number of allylic oxidation sites excluding steroid dienone is 3. The number of nitrogens with one attached hydrogen (secondary N) is 1. The molecule has 1 heterocycles. The van der Waals surface area contributed by atoms with Crippen molar-refractivity contribution in [2.75, 3.05) is 17.1 Å². The lowest BCUT2D eigenvalue weighted by molar-refractivity contribution is -0.132. The third-order valence-corrected chi connectivity index (χ3v) is 4.72. The first-order valence-corrected chi connectivity index (χ1v) is 9.99. The molecule has 0 unspecified atom stereocenters. The number of anilines is 1. The maximum atomic E-state index is 12.1. The lowest BCUT2D eigenvalue weighted by Gasteiger charge is -2.09.